The lowest BCUT2D eigenvalue weighted by atomic mass is 10.2. The lowest BCUT2D eigenvalue weighted by Crippen LogP contribution is -2.18. The minimum Gasteiger partial charge on any atom is -0.346 e. The van der Waals surface area contributed by atoms with Crippen molar-refractivity contribution in [3.63, 3.8) is 0 Å². The van der Waals surface area contributed by atoms with Crippen molar-refractivity contribution in [1.29, 1.82) is 0 Å². The molecule has 3 rings (SSSR count). The molecule has 3 fully saturated rings. The van der Waals surface area contributed by atoms with Crippen molar-refractivity contribution in [3.8, 4) is 0 Å². The smallest absolute Gasteiger partial charge is 0.222 e. The standard InChI is InChI=1S/2C6H11NO.C5H9NO/c2*1-5-3-6(8)7(2)4-5;1-6-4-2-3-5(6)7/h2*5H,3-4H2,1-2H3;2-4H2,1H3. The van der Waals surface area contributed by atoms with Gasteiger partial charge in [-0.15, -0.1) is 0 Å². The Labute approximate surface area is 139 Å². The summed E-state index contributed by atoms with van der Waals surface area (Å²) in [6.07, 6.45) is 3.30. The zero-order valence-corrected chi connectivity index (χ0v) is 15.2. The normalized spacial score (nSPS) is 27.0. The van der Waals surface area contributed by atoms with Crippen LogP contribution in [0.1, 0.15) is 39.5 Å². The van der Waals surface area contributed by atoms with Crippen molar-refractivity contribution in [2.75, 3.05) is 40.8 Å². The summed E-state index contributed by atoms with van der Waals surface area (Å²) in [4.78, 5) is 37.2. The van der Waals surface area contributed by atoms with E-state index in [4.69, 9.17) is 0 Å². The van der Waals surface area contributed by atoms with Crippen LogP contribution in [0.3, 0.4) is 0 Å². The zero-order valence-electron chi connectivity index (χ0n) is 15.2. The van der Waals surface area contributed by atoms with E-state index in [1.165, 1.54) is 0 Å². The highest BCUT2D eigenvalue weighted by molar-refractivity contribution is 5.78. The van der Waals surface area contributed by atoms with Crippen molar-refractivity contribution >= 4 is 17.7 Å². The Kier molecular flexibility index (Phi) is 7.52. The first kappa shape index (κ1) is 19.5. The van der Waals surface area contributed by atoms with E-state index in [9.17, 15) is 14.4 Å². The van der Waals surface area contributed by atoms with Crippen LogP contribution < -0.4 is 0 Å². The van der Waals surface area contributed by atoms with Gasteiger partial charge in [0.05, 0.1) is 0 Å². The second-order valence-corrected chi connectivity index (χ2v) is 7.09. The van der Waals surface area contributed by atoms with Crippen LogP contribution in [-0.2, 0) is 14.4 Å². The Morgan fingerprint density at radius 3 is 1.26 bits per heavy atom. The maximum atomic E-state index is 10.7. The Bertz CT molecular complexity index is 411. The molecule has 2 atom stereocenters. The van der Waals surface area contributed by atoms with Gasteiger partial charge in [-0.3, -0.25) is 14.4 Å². The highest BCUT2D eigenvalue weighted by Crippen LogP contribution is 2.14. The summed E-state index contributed by atoms with van der Waals surface area (Å²) in [5, 5.41) is 0. The fraction of sp³-hybridized carbons (Fsp3) is 0.824. The molecule has 6 heteroatoms. The lowest BCUT2D eigenvalue weighted by molar-refractivity contribution is -0.127. The third-order valence-corrected chi connectivity index (χ3v) is 4.38. The lowest BCUT2D eigenvalue weighted by Gasteiger charge is -2.04. The monoisotopic (exact) mass is 325 g/mol. The molecular weight excluding hydrogens is 294 g/mol. The number of hydrogen-bond acceptors (Lipinski definition) is 3. The molecule has 6 nitrogen and oxygen atoms in total. The molecule has 3 amide bonds. The molecule has 3 heterocycles. The van der Waals surface area contributed by atoms with E-state index < -0.39 is 0 Å². The van der Waals surface area contributed by atoms with Gasteiger partial charge in [-0.2, -0.15) is 0 Å². The van der Waals surface area contributed by atoms with Crippen LogP contribution in [0.25, 0.3) is 0 Å². The summed E-state index contributed by atoms with van der Waals surface area (Å²) in [5.74, 6) is 2.02. The van der Waals surface area contributed by atoms with Gasteiger partial charge in [0.25, 0.3) is 0 Å². The SMILES string of the molecule is CC1CC(=O)N(C)C1.CC1CC(=O)N(C)C1.CN1CCCC1=O. The average Bonchev–Trinajstić information content (AvgIpc) is 3.05. The Morgan fingerprint density at radius 2 is 1.17 bits per heavy atom. The molecule has 3 aliphatic heterocycles. The molecule has 132 valence electrons. The molecular formula is C17H31N3O3. The Morgan fingerprint density at radius 1 is 0.739 bits per heavy atom. The van der Waals surface area contributed by atoms with Gasteiger partial charge in [-0.05, 0) is 18.3 Å². The van der Waals surface area contributed by atoms with Crippen molar-refractivity contribution < 1.29 is 14.4 Å². The minimum absolute atomic E-state index is 0.289. The third-order valence-electron chi connectivity index (χ3n) is 4.38. The second-order valence-electron chi connectivity index (χ2n) is 7.09. The van der Waals surface area contributed by atoms with Crippen molar-refractivity contribution in [3.05, 3.63) is 0 Å². The van der Waals surface area contributed by atoms with Gasteiger partial charge in [-0.25, -0.2) is 0 Å². The molecule has 3 aliphatic rings. The molecule has 0 N–H and O–H groups in total. The number of carbonyl (C=O) groups is 3. The molecule has 0 aromatic heterocycles. The Hall–Kier alpha value is -1.59. The summed E-state index contributed by atoms with van der Waals surface area (Å²) in [5.41, 5.74) is 0. The first-order chi connectivity index (χ1) is 10.7. The summed E-state index contributed by atoms with van der Waals surface area (Å²) >= 11 is 0. The van der Waals surface area contributed by atoms with Gasteiger partial charge < -0.3 is 14.7 Å². The molecule has 2 unspecified atom stereocenters. The predicted molar refractivity (Wildman–Crippen MR) is 89.7 cm³/mol. The average molecular weight is 325 g/mol. The molecule has 0 aromatic rings. The second kappa shape index (κ2) is 8.89. The topological polar surface area (TPSA) is 60.9 Å². The van der Waals surface area contributed by atoms with Crippen LogP contribution in [0.15, 0.2) is 0 Å². The Balaban J connectivity index is 0.000000173. The summed E-state index contributed by atoms with van der Waals surface area (Å²) in [6, 6.07) is 0. The van der Waals surface area contributed by atoms with Crippen molar-refractivity contribution in [2.24, 2.45) is 11.8 Å². The van der Waals surface area contributed by atoms with Gasteiger partial charge >= 0.3 is 0 Å². The van der Waals surface area contributed by atoms with E-state index in [0.29, 0.717) is 17.7 Å². The van der Waals surface area contributed by atoms with E-state index in [-0.39, 0.29) is 11.8 Å². The fourth-order valence-electron chi connectivity index (χ4n) is 2.96. The first-order valence-corrected chi connectivity index (χ1v) is 8.42. The van der Waals surface area contributed by atoms with Crippen LogP contribution in [-0.4, -0.2) is 73.2 Å². The molecule has 0 saturated carbocycles. The molecule has 0 spiro atoms. The highest BCUT2D eigenvalue weighted by Gasteiger charge is 2.22. The third kappa shape index (κ3) is 6.59. The molecule has 0 bridgehead atoms. The highest BCUT2D eigenvalue weighted by atomic mass is 16.2. The van der Waals surface area contributed by atoms with Crippen molar-refractivity contribution in [2.45, 2.75) is 39.5 Å². The van der Waals surface area contributed by atoms with Gasteiger partial charge in [0.2, 0.25) is 17.7 Å². The maximum Gasteiger partial charge on any atom is 0.222 e. The van der Waals surface area contributed by atoms with Crippen LogP contribution in [0.4, 0.5) is 0 Å². The summed E-state index contributed by atoms with van der Waals surface area (Å²) in [7, 11) is 5.55. The first-order valence-electron chi connectivity index (χ1n) is 8.42. The van der Waals surface area contributed by atoms with Gasteiger partial charge in [0.1, 0.15) is 0 Å². The van der Waals surface area contributed by atoms with Crippen LogP contribution in [0, 0.1) is 11.8 Å². The van der Waals surface area contributed by atoms with E-state index >= 15 is 0 Å². The van der Waals surface area contributed by atoms with E-state index in [0.717, 1.165) is 45.3 Å². The molecule has 0 aliphatic carbocycles. The molecule has 0 aromatic carbocycles. The van der Waals surface area contributed by atoms with E-state index in [2.05, 4.69) is 13.8 Å². The number of likely N-dealkylation sites (tertiary alicyclic amines) is 3. The van der Waals surface area contributed by atoms with Crippen LogP contribution in [0.2, 0.25) is 0 Å². The van der Waals surface area contributed by atoms with Gasteiger partial charge in [-0.1, -0.05) is 13.8 Å². The predicted octanol–water partition coefficient (Wildman–Crippen LogP) is 1.21. The van der Waals surface area contributed by atoms with Crippen LogP contribution in [0.5, 0.6) is 0 Å². The minimum atomic E-state index is 0.289. The molecule has 3 saturated heterocycles. The number of hydrogen-bond donors (Lipinski definition) is 0. The zero-order chi connectivity index (χ0) is 17.6. The number of carbonyl (C=O) groups excluding carboxylic acids is 3. The fourth-order valence-corrected chi connectivity index (χ4v) is 2.96. The summed E-state index contributed by atoms with van der Waals surface area (Å²) in [6.45, 7) is 7.04. The quantitative estimate of drug-likeness (QED) is 0.672. The number of nitrogens with zero attached hydrogens (tertiary/aromatic N) is 3. The van der Waals surface area contributed by atoms with E-state index in [1.54, 1.807) is 14.7 Å². The molecule has 23 heavy (non-hydrogen) atoms. The van der Waals surface area contributed by atoms with Gasteiger partial charge in [0, 0.05) is 60.0 Å². The van der Waals surface area contributed by atoms with Gasteiger partial charge in [0.15, 0.2) is 0 Å². The largest absolute Gasteiger partial charge is 0.346 e. The number of rotatable bonds is 0. The van der Waals surface area contributed by atoms with E-state index in [1.807, 2.05) is 21.1 Å². The van der Waals surface area contributed by atoms with Crippen LogP contribution >= 0.6 is 0 Å². The maximum absolute atomic E-state index is 10.7. The molecule has 0 radical (unpaired) electrons. The summed E-state index contributed by atoms with van der Waals surface area (Å²) < 4.78 is 0. The number of amides is 3. The van der Waals surface area contributed by atoms with Crippen molar-refractivity contribution in [1.82, 2.24) is 14.7 Å².